The Bertz CT molecular complexity index is 925. The van der Waals surface area contributed by atoms with Crippen LogP contribution in [0.15, 0.2) is 54.7 Å². The van der Waals surface area contributed by atoms with Crippen LogP contribution in [0.2, 0.25) is 0 Å². The van der Waals surface area contributed by atoms with Crippen LogP contribution in [-0.2, 0) is 0 Å². The van der Waals surface area contributed by atoms with Crippen molar-refractivity contribution in [2.45, 2.75) is 13.0 Å². The van der Waals surface area contributed by atoms with Gasteiger partial charge in [-0.15, -0.1) is 0 Å². The van der Waals surface area contributed by atoms with Gasteiger partial charge < -0.3 is 21.1 Å². The number of hydrogen-bond acceptors (Lipinski definition) is 5. The van der Waals surface area contributed by atoms with Crippen molar-refractivity contribution in [3.05, 3.63) is 65.9 Å². The fourth-order valence-electron chi connectivity index (χ4n) is 3.11. The van der Waals surface area contributed by atoms with Crippen molar-refractivity contribution in [3.8, 4) is 5.75 Å². The first-order valence-corrected chi connectivity index (χ1v) is 8.95. The molecule has 0 fully saturated rings. The van der Waals surface area contributed by atoms with Crippen molar-refractivity contribution in [3.63, 3.8) is 0 Å². The monoisotopic (exact) mass is 364 g/mol. The Morgan fingerprint density at radius 1 is 1.19 bits per heavy atom. The molecule has 2 aromatic carbocycles. The molecule has 27 heavy (non-hydrogen) atoms. The zero-order valence-electron chi connectivity index (χ0n) is 15.5. The van der Waals surface area contributed by atoms with Gasteiger partial charge in [-0.1, -0.05) is 24.3 Å². The SMILES string of the molecule is CCOc1ccc([C@@H](CNC)Nc2ccnc3c(C(N)=O)cccc23)cc1. The number of nitrogens with zero attached hydrogens (tertiary/aromatic N) is 1. The summed E-state index contributed by atoms with van der Waals surface area (Å²) in [5.41, 5.74) is 8.54. The summed E-state index contributed by atoms with van der Waals surface area (Å²) in [6.07, 6.45) is 1.69. The zero-order chi connectivity index (χ0) is 19.2. The van der Waals surface area contributed by atoms with Gasteiger partial charge in [0.1, 0.15) is 5.75 Å². The lowest BCUT2D eigenvalue weighted by atomic mass is 10.0. The summed E-state index contributed by atoms with van der Waals surface area (Å²) in [4.78, 5) is 16.0. The van der Waals surface area contributed by atoms with Crippen molar-refractivity contribution >= 4 is 22.5 Å². The molecule has 6 nitrogen and oxygen atoms in total. The number of likely N-dealkylation sites (N-methyl/N-ethyl adjacent to an activating group) is 1. The molecule has 0 aliphatic carbocycles. The lowest BCUT2D eigenvalue weighted by Crippen LogP contribution is -2.23. The molecule has 0 radical (unpaired) electrons. The standard InChI is InChI=1S/C21H24N4O2/c1-3-27-15-9-7-14(8-10-15)19(13-23-2)25-18-11-12-24-20-16(18)5-4-6-17(20)21(22)26/h4-12,19,23H,3,13H2,1-2H3,(H2,22,26)(H,24,25)/t19-/m1/s1. The first-order chi connectivity index (χ1) is 13.1. The first kappa shape index (κ1) is 18.7. The number of carbonyl (C=O) groups excluding carboxylic acids is 1. The Labute approximate surface area is 158 Å². The van der Waals surface area contributed by atoms with E-state index < -0.39 is 5.91 Å². The van der Waals surface area contributed by atoms with E-state index >= 15 is 0 Å². The number of nitrogens with one attached hydrogen (secondary N) is 2. The highest BCUT2D eigenvalue weighted by Crippen LogP contribution is 2.28. The number of para-hydroxylation sites is 1. The average molecular weight is 364 g/mol. The molecule has 0 saturated carbocycles. The third-order valence-electron chi connectivity index (χ3n) is 4.37. The molecule has 1 amide bonds. The van der Waals surface area contributed by atoms with E-state index in [1.54, 1.807) is 12.3 Å². The number of nitrogens with two attached hydrogens (primary N) is 1. The third kappa shape index (κ3) is 4.17. The molecule has 3 rings (SSSR count). The minimum atomic E-state index is -0.483. The molecule has 0 saturated heterocycles. The van der Waals surface area contributed by atoms with Gasteiger partial charge in [0.05, 0.1) is 23.7 Å². The molecule has 1 atom stereocenters. The topological polar surface area (TPSA) is 89.3 Å². The maximum Gasteiger partial charge on any atom is 0.250 e. The number of carbonyl (C=O) groups is 1. The number of primary amides is 1. The van der Waals surface area contributed by atoms with Gasteiger partial charge in [0, 0.05) is 23.8 Å². The molecule has 140 valence electrons. The number of hydrogen-bond donors (Lipinski definition) is 3. The maximum absolute atomic E-state index is 11.7. The Kier molecular flexibility index (Phi) is 5.88. The molecular formula is C21H24N4O2. The maximum atomic E-state index is 11.7. The number of benzene rings is 2. The van der Waals surface area contributed by atoms with E-state index in [0.29, 0.717) is 17.7 Å². The summed E-state index contributed by atoms with van der Waals surface area (Å²) >= 11 is 0. The Hall–Kier alpha value is -3.12. The smallest absolute Gasteiger partial charge is 0.250 e. The summed E-state index contributed by atoms with van der Waals surface area (Å²) < 4.78 is 5.52. The van der Waals surface area contributed by atoms with E-state index in [0.717, 1.165) is 28.9 Å². The summed E-state index contributed by atoms with van der Waals surface area (Å²) in [6.45, 7) is 3.34. The van der Waals surface area contributed by atoms with Gasteiger partial charge in [0.15, 0.2) is 0 Å². The van der Waals surface area contributed by atoms with Crippen LogP contribution in [0, 0.1) is 0 Å². The van der Waals surface area contributed by atoms with Crippen molar-refractivity contribution in [2.24, 2.45) is 5.73 Å². The second-order valence-corrected chi connectivity index (χ2v) is 6.18. The Morgan fingerprint density at radius 2 is 1.96 bits per heavy atom. The van der Waals surface area contributed by atoms with Gasteiger partial charge in [-0.3, -0.25) is 9.78 Å². The number of ether oxygens (including phenoxy) is 1. The second-order valence-electron chi connectivity index (χ2n) is 6.18. The third-order valence-corrected chi connectivity index (χ3v) is 4.37. The van der Waals surface area contributed by atoms with E-state index in [4.69, 9.17) is 10.5 Å². The molecule has 1 heterocycles. The molecular weight excluding hydrogens is 340 g/mol. The Balaban J connectivity index is 1.95. The average Bonchev–Trinajstić information content (AvgIpc) is 2.68. The minimum absolute atomic E-state index is 0.0357. The van der Waals surface area contributed by atoms with Crippen LogP contribution in [0.25, 0.3) is 10.9 Å². The van der Waals surface area contributed by atoms with Crippen molar-refractivity contribution in [2.75, 3.05) is 25.5 Å². The molecule has 0 spiro atoms. The van der Waals surface area contributed by atoms with Crippen LogP contribution in [-0.4, -0.2) is 31.1 Å². The van der Waals surface area contributed by atoms with E-state index in [9.17, 15) is 4.79 Å². The van der Waals surface area contributed by atoms with Gasteiger partial charge in [-0.25, -0.2) is 0 Å². The zero-order valence-corrected chi connectivity index (χ0v) is 15.5. The number of pyridine rings is 1. The highest BCUT2D eigenvalue weighted by Gasteiger charge is 2.15. The summed E-state index contributed by atoms with van der Waals surface area (Å²) in [5.74, 6) is 0.369. The van der Waals surface area contributed by atoms with Gasteiger partial charge >= 0.3 is 0 Å². The minimum Gasteiger partial charge on any atom is -0.494 e. The van der Waals surface area contributed by atoms with Gasteiger partial charge in [0.2, 0.25) is 0 Å². The largest absolute Gasteiger partial charge is 0.494 e. The van der Waals surface area contributed by atoms with Gasteiger partial charge in [-0.2, -0.15) is 0 Å². The molecule has 0 aliphatic heterocycles. The van der Waals surface area contributed by atoms with E-state index in [1.807, 2.05) is 44.3 Å². The molecule has 0 unspecified atom stereocenters. The quantitative estimate of drug-likeness (QED) is 0.571. The Morgan fingerprint density at radius 3 is 2.63 bits per heavy atom. The highest BCUT2D eigenvalue weighted by molar-refractivity contribution is 6.07. The molecule has 4 N–H and O–H groups in total. The van der Waals surface area contributed by atoms with E-state index in [1.165, 1.54) is 0 Å². The van der Waals surface area contributed by atoms with Crippen LogP contribution in [0.1, 0.15) is 28.9 Å². The van der Waals surface area contributed by atoms with Crippen LogP contribution in [0.5, 0.6) is 5.75 Å². The lowest BCUT2D eigenvalue weighted by Gasteiger charge is -2.21. The molecule has 6 heteroatoms. The summed E-state index contributed by atoms with van der Waals surface area (Å²) in [7, 11) is 1.92. The number of fused-ring (bicyclic) bond motifs is 1. The highest BCUT2D eigenvalue weighted by atomic mass is 16.5. The van der Waals surface area contributed by atoms with Crippen molar-refractivity contribution in [1.82, 2.24) is 10.3 Å². The number of amides is 1. The predicted octanol–water partition coefficient (Wildman–Crippen LogP) is 3.11. The summed E-state index contributed by atoms with van der Waals surface area (Å²) in [6, 6.07) is 15.4. The van der Waals surface area contributed by atoms with E-state index in [-0.39, 0.29) is 6.04 Å². The summed E-state index contributed by atoms with van der Waals surface area (Å²) in [5, 5.41) is 7.64. The predicted molar refractivity (Wildman–Crippen MR) is 108 cm³/mol. The molecule has 0 aliphatic rings. The van der Waals surface area contributed by atoms with Gasteiger partial charge in [-0.05, 0) is 43.8 Å². The van der Waals surface area contributed by atoms with E-state index in [2.05, 4.69) is 27.8 Å². The fraction of sp³-hybridized carbons (Fsp3) is 0.238. The van der Waals surface area contributed by atoms with Crippen LogP contribution in [0.3, 0.4) is 0 Å². The molecule has 1 aromatic heterocycles. The van der Waals surface area contributed by atoms with Gasteiger partial charge in [0.25, 0.3) is 5.91 Å². The lowest BCUT2D eigenvalue weighted by molar-refractivity contribution is 0.100. The number of anilines is 1. The second kappa shape index (κ2) is 8.51. The van der Waals surface area contributed by atoms with Crippen LogP contribution < -0.4 is 21.1 Å². The molecule has 0 bridgehead atoms. The van der Waals surface area contributed by atoms with Crippen LogP contribution >= 0.6 is 0 Å². The normalized spacial score (nSPS) is 11.9. The van der Waals surface area contributed by atoms with Crippen molar-refractivity contribution in [1.29, 1.82) is 0 Å². The fourth-order valence-corrected chi connectivity index (χ4v) is 3.11. The number of rotatable bonds is 8. The molecule has 3 aromatic rings. The van der Waals surface area contributed by atoms with Crippen molar-refractivity contribution < 1.29 is 9.53 Å². The number of aromatic nitrogens is 1. The van der Waals surface area contributed by atoms with Crippen LogP contribution in [0.4, 0.5) is 5.69 Å². The first-order valence-electron chi connectivity index (χ1n) is 8.95.